The minimum Gasteiger partial charge on any atom is -0.479 e. The van der Waals surface area contributed by atoms with E-state index in [4.69, 9.17) is 10.8 Å². The Hall–Kier alpha value is -1.60. The standard InChI is InChI=1S/C13H25N5O2/c1-8(2)4-11(12(19)20)18-13(14)16-6-10-5-15-7-17-9(10)3/h4,9-11,15,17H,5-7H2,1-3H3,(H,19,20)(H3,14,16,18). The van der Waals surface area contributed by atoms with Crippen LogP contribution in [0.1, 0.15) is 20.8 Å². The molecule has 0 aromatic carbocycles. The zero-order chi connectivity index (χ0) is 15.1. The zero-order valence-corrected chi connectivity index (χ0v) is 12.3. The molecular weight excluding hydrogens is 258 g/mol. The number of nitrogens with two attached hydrogens (primary N) is 1. The molecule has 0 aliphatic carbocycles. The summed E-state index contributed by atoms with van der Waals surface area (Å²) in [6.07, 6.45) is 1.61. The van der Waals surface area contributed by atoms with Gasteiger partial charge in [0.1, 0.15) is 6.04 Å². The molecule has 1 rings (SSSR count). The van der Waals surface area contributed by atoms with Crippen LogP contribution in [-0.2, 0) is 4.79 Å². The molecule has 0 radical (unpaired) electrons. The summed E-state index contributed by atoms with van der Waals surface area (Å²) in [5.41, 5.74) is 6.67. The van der Waals surface area contributed by atoms with Crippen molar-refractivity contribution in [2.45, 2.75) is 32.9 Å². The van der Waals surface area contributed by atoms with E-state index in [0.717, 1.165) is 18.8 Å². The van der Waals surface area contributed by atoms with Gasteiger partial charge in [-0.05, 0) is 20.8 Å². The predicted octanol–water partition coefficient (Wildman–Crippen LogP) is -0.535. The number of rotatable bonds is 5. The van der Waals surface area contributed by atoms with Crippen LogP contribution >= 0.6 is 0 Å². The fourth-order valence-corrected chi connectivity index (χ4v) is 1.99. The van der Waals surface area contributed by atoms with Gasteiger partial charge in [-0.15, -0.1) is 0 Å². The average Bonchev–Trinajstić information content (AvgIpc) is 2.36. The van der Waals surface area contributed by atoms with E-state index in [1.165, 1.54) is 0 Å². The van der Waals surface area contributed by atoms with Gasteiger partial charge < -0.3 is 26.8 Å². The van der Waals surface area contributed by atoms with E-state index in [2.05, 4.69) is 27.9 Å². The van der Waals surface area contributed by atoms with Crippen LogP contribution in [0.3, 0.4) is 0 Å². The number of guanidine groups is 1. The number of carbonyl (C=O) groups is 1. The van der Waals surface area contributed by atoms with Gasteiger partial charge in [0.25, 0.3) is 0 Å². The molecule has 0 bridgehead atoms. The first-order chi connectivity index (χ1) is 9.40. The molecule has 3 atom stereocenters. The number of nitrogens with one attached hydrogen (secondary N) is 3. The third kappa shape index (κ3) is 5.58. The average molecular weight is 283 g/mol. The van der Waals surface area contributed by atoms with Crippen LogP contribution in [0.25, 0.3) is 0 Å². The van der Waals surface area contributed by atoms with Crippen molar-refractivity contribution in [1.82, 2.24) is 16.0 Å². The predicted molar refractivity (Wildman–Crippen MR) is 79.4 cm³/mol. The van der Waals surface area contributed by atoms with Crippen molar-refractivity contribution in [3.63, 3.8) is 0 Å². The number of allylic oxidation sites excluding steroid dienone is 1. The van der Waals surface area contributed by atoms with Gasteiger partial charge in [-0.3, -0.25) is 4.99 Å². The Labute approximate surface area is 119 Å². The van der Waals surface area contributed by atoms with Gasteiger partial charge in [0.15, 0.2) is 5.96 Å². The highest BCUT2D eigenvalue weighted by atomic mass is 16.4. The number of hydrogen-bond acceptors (Lipinski definition) is 4. The van der Waals surface area contributed by atoms with Crippen molar-refractivity contribution in [3.05, 3.63) is 11.6 Å². The molecule has 3 unspecified atom stereocenters. The number of carboxylic acid groups (broad SMARTS) is 1. The molecule has 1 aliphatic heterocycles. The van der Waals surface area contributed by atoms with Crippen molar-refractivity contribution in [2.75, 3.05) is 19.8 Å². The molecule has 1 aliphatic rings. The first-order valence-corrected chi connectivity index (χ1v) is 6.78. The molecule has 114 valence electrons. The van der Waals surface area contributed by atoms with Gasteiger partial charge in [0.2, 0.25) is 0 Å². The Kier molecular flexibility index (Phi) is 6.47. The van der Waals surface area contributed by atoms with Crippen LogP contribution in [0, 0.1) is 5.92 Å². The van der Waals surface area contributed by atoms with Crippen molar-refractivity contribution < 1.29 is 9.90 Å². The van der Waals surface area contributed by atoms with Crippen molar-refractivity contribution in [2.24, 2.45) is 16.6 Å². The second-order valence-corrected chi connectivity index (χ2v) is 5.31. The Morgan fingerprint density at radius 3 is 2.85 bits per heavy atom. The fraction of sp³-hybridized carbons (Fsp3) is 0.692. The summed E-state index contributed by atoms with van der Waals surface area (Å²) in [5.74, 6) is -0.470. The largest absolute Gasteiger partial charge is 0.479 e. The first kappa shape index (κ1) is 16.5. The normalized spacial score (nSPS) is 24.9. The lowest BCUT2D eigenvalue weighted by atomic mass is 10.00. The van der Waals surface area contributed by atoms with E-state index >= 15 is 0 Å². The molecule has 7 nitrogen and oxygen atoms in total. The van der Waals surface area contributed by atoms with E-state index in [-0.39, 0.29) is 5.96 Å². The van der Waals surface area contributed by atoms with E-state index in [1.807, 2.05) is 13.8 Å². The third-order valence-electron chi connectivity index (χ3n) is 3.23. The van der Waals surface area contributed by atoms with Crippen molar-refractivity contribution >= 4 is 11.9 Å². The highest BCUT2D eigenvalue weighted by Gasteiger charge is 2.20. The van der Waals surface area contributed by atoms with Crippen LogP contribution in [-0.4, -0.2) is 48.9 Å². The first-order valence-electron chi connectivity index (χ1n) is 6.78. The summed E-state index contributed by atoms with van der Waals surface area (Å²) in [4.78, 5) is 15.3. The molecule has 20 heavy (non-hydrogen) atoms. The lowest BCUT2D eigenvalue weighted by Crippen LogP contribution is -2.51. The molecule has 0 spiro atoms. The van der Waals surface area contributed by atoms with E-state index in [1.54, 1.807) is 6.08 Å². The number of nitrogens with zero attached hydrogens (tertiary/aromatic N) is 1. The van der Waals surface area contributed by atoms with Gasteiger partial charge in [0, 0.05) is 31.7 Å². The van der Waals surface area contributed by atoms with Crippen LogP contribution in [0.15, 0.2) is 16.6 Å². The van der Waals surface area contributed by atoms with Gasteiger partial charge >= 0.3 is 5.97 Å². The fourth-order valence-electron chi connectivity index (χ4n) is 1.99. The van der Waals surface area contributed by atoms with Gasteiger partial charge in [0.05, 0.1) is 0 Å². The smallest absolute Gasteiger partial charge is 0.330 e. The number of aliphatic imine (C=N–C) groups is 1. The molecular formula is C13H25N5O2. The highest BCUT2D eigenvalue weighted by Crippen LogP contribution is 2.06. The molecule has 6 N–H and O–H groups in total. The zero-order valence-electron chi connectivity index (χ0n) is 12.3. The quantitative estimate of drug-likeness (QED) is 0.263. The van der Waals surface area contributed by atoms with Gasteiger partial charge in [-0.2, -0.15) is 0 Å². The molecule has 1 saturated heterocycles. The summed E-state index contributed by atoms with van der Waals surface area (Å²) in [6, 6.07) is -0.482. The van der Waals surface area contributed by atoms with Crippen molar-refractivity contribution in [3.8, 4) is 0 Å². The second kappa shape index (κ2) is 7.86. The summed E-state index contributed by atoms with van der Waals surface area (Å²) in [7, 11) is 0. The highest BCUT2D eigenvalue weighted by molar-refractivity contribution is 5.86. The summed E-state index contributed by atoms with van der Waals surface area (Å²) in [5, 5.41) is 18.3. The molecule has 1 heterocycles. The minimum atomic E-state index is -0.973. The summed E-state index contributed by atoms with van der Waals surface area (Å²) < 4.78 is 0. The van der Waals surface area contributed by atoms with Crippen LogP contribution in [0.4, 0.5) is 0 Å². The topological polar surface area (TPSA) is 112 Å². The van der Waals surface area contributed by atoms with E-state index in [0.29, 0.717) is 18.5 Å². The lowest BCUT2D eigenvalue weighted by molar-refractivity contribution is -0.137. The number of carboxylic acids is 1. The number of hydrogen-bond donors (Lipinski definition) is 5. The Morgan fingerprint density at radius 2 is 2.30 bits per heavy atom. The molecule has 7 heteroatoms. The maximum atomic E-state index is 11.1. The molecule has 0 amide bonds. The molecule has 0 aromatic rings. The van der Waals surface area contributed by atoms with Crippen LogP contribution in [0.5, 0.6) is 0 Å². The maximum Gasteiger partial charge on any atom is 0.330 e. The van der Waals surface area contributed by atoms with Crippen LogP contribution in [0.2, 0.25) is 0 Å². The summed E-state index contributed by atoms with van der Waals surface area (Å²) in [6.45, 7) is 8.02. The SMILES string of the molecule is CC(C)=CC(NC(N)=NCC1CNCNC1C)C(=O)O. The molecule has 1 fully saturated rings. The van der Waals surface area contributed by atoms with E-state index in [9.17, 15) is 4.79 Å². The Bertz CT molecular complexity index is 390. The molecule has 0 saturated carbocycles. The maximum absolute atomic E-state index is 11.1. The monoisotopic (exact) mass is 283 g/mol. The minimum absolute atomic E-state index is 0.160. The van der Waals surface area contributed by atoms with Gasteiger partial charge in [-0.25, -0.2) is 4.79 Å². The van der Waals surface area contributed by atoms with E-state index < -0.39 is 12.0 Å². The second-order valence-electron chi connectivity index (χ2n) is 5.31. The van der Waals surface area contributed by atoms with Gasteiger partial charge in [-0.1, -0.05) is 11.6 Å². The van der Waals surface area contributed by atoms with Crippen molar-refractivity contribution in [1.29, 1.82) is 0 Å². The molecule has 0 aromatic heterocycles. The lowest BCUT2D eigenvalue weighted by Gasteiger charge is -2.29. The number of aliphatic carboxylic acids is 1. The Morgan fingerprint density at radius 1 is 1.60 bits per heavy atom. The Balaban J connectivity index is 2.55. The third-order valence-corrected chi connectivity index (χ3v) is 3.23. The summed E-state index contributed by atoms with van der Waals surface area (Å²) >= 11 is 0. The van der Waals surface area contributed by atoms with Crippen LogP contribution < -0.4 is 21.7 Å².